The third-order valence-electron chi connectivity index (χ3n) is 6.28. The molecule has 5 rings (SSSR count). The summed E-state index contributed by atoms with van der Waals surface area (Å²) >= 11 is 7.20. The standard InChI is InChI=1S/C26H20ClF3N6O4S/c1-11-4-17(26(28,29)30)23(40-3)34-20(11)24(39)36-9-18-19(10-36)41-25(33-18)35-22(38)16-8-31-12(2)5-14(16)15-6-13(27)7-32-21(15)37/h4-8H,9-10H2,1-3H3,(H,32,37)(H,33,35,38). The Kier molecular flexibility index (Phi) is 7.30. The Hall–Kier alpha value is -4.30. The number of methoxy groups -OCH3 is 1. The van der Waals surface area contributed by atoms with Gasteiger partial charge in [0.05, 0.1) is 41.4 Å². The number of halogens is 4. The highest BCUT2D eigenvalue weighted by atomic mass is 35.5. The number of aryl methyl sites for hydroxylation is 2. The van der Waals surface area contributed by atoms with E-state index in [1.807, 2.05) is 0 Å². The van der Waals surface area contributed by atoms with Gasteiger partial charge in [0.1, 0.15) is 11.3 Å². The summed E-state index contributed by atoms with van der Waals surface area (Å²) in [6.45, 7) is 3.29. The van der Waals surface area contributed by atoms with Gasteiger partial charge in [-0.15, -0.1) is 0 Å². The van der Waals surface area contributed by atoms with Crippen LogP contribution in [0.4, 0.5) is 18.3 Å². The number of anilines is 1. The number of pyridine rings is 3. The van der Waals surface area contributed by atoms with E-state index in [0.717, 1.165) is 24.5 Å². The molecule has 1 aliphatic rings. The first kappa shape index (κ1) is 28.2. The molecule has 0 spiro atoms. The van der Waals surface area contributed by atoms with E-state index in [9.17, 15) is 27.6 Å². The second-order valence-electron chi connectivity index (χ2n) is 9.14. The Balaban J connectivity index is 1.35. The number of hydrogen-bond acceptors (Lipinski definition) is 8. The molecular weight excluding hydrogens is 585 g/mol. The number of alkyl halides is 3. The lowest BCUT2D eigenvalue weighted by Crippen LogP contribution is -2.28. The van der Waals surface area contributed by atoms with Crippen LogP contribution in [0.2, 0.25) is 5.02 Å². The normalized spacial score (nSPS) is 12.8. The van der Waals surface area contributed by atoms with Crippen molar-refractivity contribution in [3.8, 4) is 17.0 Å². The number of carbonyl (C=O) groups excluding carboxylic acids is 2. The predicted molar refractivity (Wildman–Crippen MR) is 144 cm³/mol. The molecule has 0 unspecified atom stereocenters. The van der Waals surface area contributed by atoms with Crippen molar-refractivity contribution in [1.82, 2.24) is 24.8 Å². The molecule has 0 aromatic carbocycles. The van der Waals surface area contributed by atoms with Crippen LogP contribution in [0.3, 0.4) is 0 Å². The van der Waals surface area contributed by atoms with Gasteiger partial charge in [-0.25, -0.2) is 9.97 Å². The van der Waals surface area contributed by atoms with E-state index in [1.54, 1.807) is 13.0 Å². The fourth-order valence-electron chi connectivity index (χ4n) is 4.34. The molecule has 0 aliphatic carbocycles. The van der Waals surface area contributed by atoms with E-state index in [4.69, 9.17) is 16.3 Å². The quantitative estimate of drug-likeness (QED) is 0.328. The van der Waals surface area contributed by atoms with Crippen molar-refractivity contribution in [3.63, 3.8) is 0 Å². The van der Waals surface area contributed by atoms with Crippen molar-refractivity contribution in [3.05, 3.63) is 84.6 Å². The lowest BCUT2D eigenvalue weighted by molar-refractivity contribution is -0.139. The molecule has 1 aliphatic heterocycles. The summed E-state index contributed by atoms with van der Waals surface area (Å²) in [5.74, 6) is -1.82. The Morgan fingerprint density at radius 3 is 2.59 bits per heavy atom. The van der Waals surface area contributed by atoms with Crippen LogP contribution in [-0.4, -0.2) is 43.8 Å². The van der Waals surface area contributed by atoms with E-state index in [0.29, 0.717) is 21.8 Å². The third kappa shape index (κ3) is 5.52. The van der Waals surface area contributed by atoms with Gasteiger partial charge in [0.25, 0.3) is 17.4 Å². The van der Waals surface area contributed by atoms with E-state index in [1.165, 1.54) is 30.3 Å². The van der Waals surface area contributed by atoms with Crippen LogP contribution in [0.1, 0.15) is 48.2 Å². The molecule has 0 atom stereocenters. The number of carbonyl (C=O) groups is 2. The van der Waals surface area contributed by atoms with Crippen molar-refractivity contribution in [1.29, 1.82) is 0 Å². The monoisotopic (exact) mass is 604 g/mol. The number of aromatic nitrogens is 4. The van der Waals surface area contributed by atoms with Crippen LogP contribution in [0.15, 0.2) is 35.4 Å². The molecule has 15 heteroatoms. The van der Waals surface area contributed by atoms with Crippen molar-refractivity contribution in [2.75, 3.05) is 12.4 Å². The van der Waals surface area contributed by atoms with E-state index in [-0.39, 0.29) is 45.6 Å². The summed E-state index contributed by atoms with van der Waals surface area (Å²) in [6, 6.07) is 3.90. The molecule has 2 amide bonds. The van der Waals surface area contributed by atoms with Gasteiger partial charge >= 0.3 is 6.18 Å². The summed E-state index contributed by atoms with van der Waals surface area (Å²) in [6.07, 6.45) is -1.99. The van der Waals surface area contributed by atoms with Crippen LogP contribution >= 0.6 is 22.9 Å². The van der Waals surface area contributed by atoms with Crippen molar-refractivity contribution < 1.29 is 27.5 Å². The Bertz CT molecular complexity index is 1750. The first-order valence-corrected chi connectivity index (χ1v) is 13.1. The lowest BCUT2D eigenvalue weighted by atomic mass is 10.0. The third-order valence-corrected chi connectivity index (χ3v) is 7.50. The average molecular weight is 605 g/mol. The molecule has 0 saturated heterocycles. The summed E-state index contributed by atoms with van der Waals surface area (Å²) < 4.78 is 44.7. The number of ether oxygens (including phenoxy) is 1. The van der Waals surface area contributed by atoms with Gasteiger partial charge in [-0.3, -0.25) is 24.7 Å². The maximum absolute atomic E-state index is 13.3. The van der Waals surface area contributed by atoms with Gasteiger partial charge in [0.15, 0.2) is 5.13 Å². The molecule has 0 radical (unpaired) electrons. The zero-order valence-corrected chi connectivity index (χ0v) is 23.2. The smallest absolute Gasteiger partial charge is 0.421 e. The molecule has 2 N–H and O–H groups in total. The van der Waals surface area contributed by atoms with Gasteiger partial charge < -0.3 is 14.6 Å². The first-order chi connectivity index (χ1) is 19.3. The van der Waals surface area contributed by atoms with Crippen LogP contribution in [0.5, 0.6) is 5.88 Å². The molecule has 4 aromatic heterocycles. The van der Waals surface area contributed by atoms with E-state index >= 15 is 0 Å². The SMILES string of the molecule is COc1nc(C(=O)N2Cc3nc(NC(=O)c4cnc(C)cc4-c4cc(Cl)c[nH]c4=O)sc3C2)c(C)cc1C(F)(F)F. The van der Waals surface area contributed by atoms with E-state index < -0.39 is 35.0 Å². The number of aromatic amines is 1. The minimum absolute atomic E-state index is 0.0559. The van der Waals surface area contributed by atoms with Crippen LogP contribution in [-0.2, 0) is 19.3 Å². The van der Waals surface area contributed by atoms with Gasteiger partial charge in [-0.1, -0.05) is 22.9 Å². The van der Waals surface area contributed by atoms with Gasteiger partial charge in [0.2, 0.25) is 5.88 Å². The second-order valence-corrected chi connectivity index (χ2v) is 10.7. The number of amides is 2. The number of rotatable bonds is 5. The summed E-state index contributed by atoms with van der Waals surface area (Å²) in [5.41, 5.74) is 0.198. The maximum atomic E-state index is 13.3. The predicted octanol–water partition coefficient (Wildman–Crippen LogP) is 4.99. The van der Waals surface area contributed by atoms with Crippen molar-refractivity contribution in [2.45, 2.75) is 33.1 Å². The fraction of sp³-hybridized carbons (Fsp3) is 0.231. The Labute approximate surface area is 239 Å². The summed E-state index contributed by atoms with van der Waals surface area (Å²) in [7, 11) is 1.05. The van der Waals surface area contributed by atoms with Crippen LogP contribution < -0.4 is 15.6 Å². The molecule has 0 saturated carbocycles. The minimum Gasteiger partial charge on any atom is -0.481 e. The number of thiazole rings is 1. The topological polar surface area (TPSA) is 130 Å². The van der Waals surface area contributed by atoms with Crippen molar-refractivity contribution >= 4 is 39.9 Å². The fourth-order valence-corrected chi connectivity index (χ4v) is 5.49. The zero-order chi connectivity index (χ0) is 29.6. The van der Waals surface area contributed by atoms with Crippen LogP contribution in [0, 0.1) is 13.8 Å². The van der Waals surface area contributed by atoms with E-state index in [2.05, 4.69) is 25.3 Å². The summed E-state index contributed by atoms with van der Waals surface area (Å²) in [5, 5.41) is 3.27. The van der Waals surface area contributed by atoms with Crippen LogP contribution in [0.25, 0.3) is 11.1 Å². The number of nitrogens with one attached hydrogen (secondary N) is 2. The Morgan fingerprint density at radius 2 is 1.90 bits per heavy atom. The molecule has 212 valence electrons. The largest absolute Gasteiger partial charge is 0.481 e. The Morgan fingerprint density at radius 1 is 1.15 bits per heavy atom. The summed E-state index contributed by atoms with van der Waals surface area (Å²) in [4.78, 5) is 55.9. The zero-order valence-electron chi connectivity index (χ0n) is 21.6. The molecule has 0 fully saturated rings. The minimum atomic E-state index is -4.69. The second kappa shape index (κ2) is 10.6. The van der Waals surface area contributed by atoms with Gasteiger partial charge in [0, 0.05) is 29.2 Å². The molecule has 5 heterocycles. The highest BCUT2D eigenvalue weighted by molar-refractivity contribution is 7.16. The molecule has 4 aromatic rings. The number of H-pyrrole nitrogens is 1. The number of fused-ring (bicyclic) bond motifs is 1. The van der Waals surface area contributed by atoms with Gasteiger partial charge in [-0.2, -0.15) is 13.2 Å². The highest BCUT2D eigenvalue weighted by Gasteiger charge is 2.37. The maximum Gasteiger partial charge on any atom is 0.421 e. The average Bonchev–Trinajstić information content (AvgIpc) is 3.47. The number of hydrogen-bond donors (Lipinski definition) is 2. The lowest BCUT2D eigenvalue weighted by Gasteiger charge is -2.18. The van der Waals surface area contributed by atoms with Gasteiger partial charge in [-0.05, 0) is 37.6 Å². The molecule has 10 nitrogen and oxygen atoms in total. The highest BCUT2D eigenvalue weighted by Crippen LogP contribution is 2.37. The number of nitrogens with zero attached hydrogens (tertiary/aromatic N) is 4. The first-order valence-electron chi connectivity index (χ1n) is 11.9. The molecule has 41 heavy (non-hydrogen) atoms. The molecular formula is C26H20ClF3N6O4S. The van der Waals surface area contributed by atoms with Crippen molar-refractivity contribution in [2.24, 2.45) is 0 Å². The molecule has 0 bridgehead atoms.